The third-order valence-corrected chi connectivity index (χ3v) is 0.617. The van der Waals surface area contributed by atoms with Gasteiger partial charge < -0.3 is 0 Å². The molecular weight excluding hydrogens is 92.1 g/mol. The minimum Gasteiger partial charge on any atom is -0.282 e. The molecule has 1 aliphatic rings. The maximum absolute atomic E-state index is 10.2. The molecule has 1 aliphatic heterocycles. The first-order chi connectivity index (χ1) is 3.39. The molecule has 7 heavy (non-hydrogen) atoms. The fourth-order valence-electron chi connectivity index (χ4n) is 0.335. The lowest BCUT2D eigenvalue weighted by Gasteiger charge is -1.98. The van der Waals surface area contributed by atoms with Crippen LogP contribution in [0.15, 0.2) is 12.4 Å². The molecule has 0 aliphatic carbocycles. The Hall–Kier alpha value is -0.990. The van der Waals surface area contributed by atoms with Gasteiger partial charge in [0.15, 0.2) is 0 Å². The molecule has 0 atom stereocenters. The Labute approximate surface area is 41.4 Å². The van der Waals surface area contributed by atoms with Crippen LogP contribution in [-0.4, -0.2) is 12.5 Å². The SMILES string of the molecule is O=C1C[N]C=C[N]1. The lowest BCUT2D eigenvalue weighted by atomic mass is 10.5. The second-order valence-electron chi connectivity index (χ2n) is 1.16. The molecule has 0 aromatic heterocycles. The zero-order valence-corrected chi connectivity index (χ0v) is 3.66. The number of nitrogens with zero attached hydrogens (tertiary/aromatic N) is 2. The van der Waals surface area contributed by atoms with Crippen molar-refractivity contribution in [3.63, 3.8) is 0 Å². The van der Waals surface area contributed by atoms with E-state index >= 15 is 0 Å². The van der Waals surface area contributed by atoms with Crippen molar-refractivity contribution in [3.8, 4) is 0 Å². The molecule has 0 bridgehead atoms. The molecule has 0 fully saturated rings. The van der Waals surface area contributed by atoms with E-state index in [2.05, 4.69) is 10.6 Å². The third kappa shape index (κ3) is 0.924. The standard InChI is InChI=1S/C4H4N2O/c7-4-3-5-1-2-6-4/h1-2H,3H2. The highest BCUT2D eigenvalue weighted by Gasteiger charge is 2.01. The Morgan fingerprint density at radius 3 is 2.71 bits per heavy atom. The molecule has 0 unspecified atom stereocenters. The van der Waals surface area contributed by atoms with Crippen molar-refractivity contribution in [2.45, 2.75) is 0 Å². The monoisotopic (exact) mass is 96.0 g/mol. The topological polar surface area (TPSA) is 45.3 Å². The molecule has 36 valence electrons. The summed E-state index contributed by atoms with van der Waals surface area (Å²) in [4.78, 5) is 10.2. The van der Waals surface area contributed by atoms with Crippen LogP contribution < -0.4 is 10.6 Å². The van der Waals surface area contributed by atoms with Gasteiger partial charge in [-0.05, 0) is 0 Å². The van der Waals surface area contributed by atoms with Crippen molar-refractivity contribution >= 4 is 5.91 Å². The van der Waals surface area contributed by atoms with Crippen LogP contribution in [0, 0.1) is 0 Å². The molecular formula is C4H4N2O. The first-order valence-electron chi connectivity index (χ1n) is 1.95. The quantitative estimate of drug-likeness (QED) is 0.389. The number of carbonyl (C=O) groups excluding carboxylic acids is 1. The van der Waals surface area contributed by atoms with E-state index in [1.54, 1.807) is 0 Å². The van der Waals surface area contributed by atoms with Crippen molar-refractivity contribution in [2.75, 3.05) is 6.54 Å². The molecule has 0 saturated carbocycles. The highest BCUT2D eigenvalue weighted by Crippen LogP contribution is 1.77. The summed E-state index contributed by atoms with van der Waals surface area (Å²) in [6.07, 6.45) is 2.91. The van der Waals surface area contributed by atoms with Gasteiger partial charge in [-0.2, -0.15) is 0 Å². The maximum Gasteiger partial charge on any atom is 0.267 e. The van der Waals surface area contributed by atoms with Crippen LogP contribution in [0.5, 0.6) is 0 Å². The summed E-state index contributed by atoms with van der Waals surface area (Å²) in [6, 6.07) is 0. The fraction of sp³-hybridized carbons (Fsp3) is 0.250. The molecule has 0 aromatic rings. The summed E-state index contributed by atoms with van der Waals surface area (Å²) in [6.45, 7) is 0.219. The van der Waals surface area contributed by atoms with Crippen LogP contribution in [0.3, 0.4) is 0 Å². The van der Waals surface area contributed by atoms with E-state index in [1.807, 2.05) is 0 Å². The highest BCUT2D eigenvalue weighted by atomic mass is 16.1. The average molecular weight is 96.1 g/mol. The van der Waals surface area contributed by atoms with Crippen molar-refractivity contribution in [1.82, 2.24) is 10.6 Å². The van der Waals surface area contributed by atoms with Gasteiger partial charge in [0.2, 0.25) is 0 Å². The summed E-state index contributed by atoms with van der Waals surface area (Å²) in [5, 5.41) is 7.05. The maximum atomic E-state index is 10.2. The predicted octanol–water partition coefficient (Wildman–Crippen LogP) is -0.793. The largest absolute Gasteiger partial charge is 0.282 e. The first kappa shape index (κ1) is 4.18. The van der Waals surface area contributed by atoms with Crippen LogP contribution in [0.2, 0.25) is 0 Å². The van der Waals surface area contributed by atoms with Gasteiger partial charge in [-0.3, -0.25) is 10.1 Å². The Kier molecular flexibility index (Phi) is 0.978. The number of rotatable bonds is 0. The number of amides is 1. The molecule has 1 heterocycles. The summed E-state index contributed by atoms with van der Waals surface area (Å²) in [7, 11) is 0. The lowest BCUT2D eigenvalue weighted by molar-refractivity contribution is -0.119. The number of carbonyl (C=O) groups is 1. The zero-order chi connectivity index (χ0) is 5.11. The number of hydrogen-bond acceptors (Lipinski definition) is 1. The van der Waals surface area contributed by atoms with Gasteiger partial charge >= 0.3 is 0 Å². The van der Waals surface area contributed by atoms with E-state index < -0.39 is 0 Å². The minimum absolute atomic E-state index is 0.164. The van der Waals surface area contributed by atoms with Gasteiger partial charge in [0, 0.05) is 12.4 Å². The van der Waals surface area contributed by atoms with E-state index in [4.69, 9.17) is 0 Å². The van der Waals surface area contributed by atoms with Crippen LogP contribution in [0.25, 0.3) is 0 Å². The summed E-state index contributed by atoms with van der Waals surface area (Å²) >= 11 is 0. The number of hydrogen-bond donors (Lipinski definition) is 0. The third-order valence-electron chi connectivity index (χ3n) is 0.617. The second kappa shape index (κ2) is 1.64. The van der Waals surface area contributed by atoms with E-state index in [1.165, 1.54) is 12.4 Å². The van der Waals surface area contributed by atoms with Gasteiger partial charge in [-0.1, -0.05) is 0 Å². The predicted molar refractivity (Wildman–Crippen MR) is 23.3 cm³/mol. The van der Waals surface area contributed by atoms with Gasteiger partial charge in [0.25, 0.3) is 5.91 Å². The Bertz CT molecular complexity index is 108. The molecule has 2 radical (unpaired) electrons. The molecule has 0 spiro atoms. The van der Waals surface area contributed by atoms with Gasteiger partial charge in [0.1, 0.15) is 6.54 Å². The van der Waals surface area contributed by atoms with Crippen molar-refractivity contribution in [1.29, 1.82) is 0 Å². The summed E-state index contributed by atoms with van der Waals surface area (Å²) < 4.78 is 0. The lowest BCUT2D eigenvalue weighted by Crippen LogP contribution is -2.23. The minimum atomic E-state index is -0.164. The Morgan fingerprint density at radius 1 is 1.57 bits per heavy atom. The summed E-state index contributed by atoms with van der Waals surface area (Å²) in [5.74, 6) is -0.164. The molecule has 0 N–H and O–H groups in total. The van der Waals surface area contributed by atoms with E-state index in [9.17, 15) is 4.79 Å². The highest BCUT2D eigenvalue weighted by molar-refractivity contribution is 5.79. The molecule has 3 nitrogen and oxygen atoms in total. The van der Waals surface area contributed by atoms with Crippen LogP contribution in [0.4, 0.5) is 0 Å². The molecule has 3 heteroatoms. The van der Waals surface area contributed by atoms with Crippen molar-refractivity contribution < 1.29 is 4.79 Å². The zero-order valence-electron chi connectivity index (χ0n) is 3.66. The fourth-order valence-corrected chi connectivity index (χ4v) is 0.335. The van der Waals surface area contributed by atoms with E-state index in [0.717, 1.165) is 0 Å². The normalized spacial score (nSPS) is 18.0. The van der Waals surface area contributed by atoms with Gasteiger partial charge in [-0.15, -0.1) is 0 Å². The molecule has 0 saturated heterocycles. The van der Waals surface area contributed by atoms with Gasteiger partial charge in [-0.25, -0.2) is 5.32 Å². The second-order valence-corrected chi connectivity index (χ2v) is 1.16. The van der Waals surface area contributed by atoms with Crippen LogP contribution in [-0.2, 0) is 4.79 Å². The Morgan fingerprint density at radius 2 is 2.43 bits per heavy atom. The average Bonchev–Trinajstić information content (AvgIpc) is 1.69. The van der Waals surface area contributed by atoms with Crippen molar-refractivity contribution in [2.24, 2.45) is 0 Å². The van der Waals surface area contributed by atoms with Crippen LogP contribution in [0.1, 0.15) is 0 Å². The summed E-state index contributed by atoms with van der Waals surface area (Å²) in [5.41, 5.74) is 0. The molecule has 0 aromatic carbocycles. The molecule has 1 rings (SSSR count). The van der Waals surface area contributed by atoms with E-state index in [-0.39, 0.29) is 12.5 Å². The smallest absolute Gasteiger partial charge is 0.267 e. The Balaban J connectivity index is 2.47. The van der Waals surface area contributed by atoms with Crippen molar-refractivity contribution in [3.05, 3.63) is 12.4 Å². The molecule has 1 amide bonds. The van der Waals surface area contributed by atoms with E-state index in [0.29, 0.717) is 0 Å². The first-order valence-corrected chi connectivity index (χ1v) is 1.95. The van der Waals surface area contributed by atoms with Gasteiger partial charge in [0.05, 0.1) is 0 Å². The van der Waals surface area contributed by atoms with Crippen LogP contribution >= 0.6 is 0 Å².